The molecule has 2 aromatic rings. The molecule has 7 heteroatoms. The summed E-state index contributed by atoms with van der Waals surface area (Å²) in [6.45, 7) is 0. The van der Waals surface area contributed by atoms with Crippen molar-refractivity contribution in [3.63, 3.8) is 0 Å². The van der Waals surface area contributed by atoms with E-state index in [4.69, 9.17) is 0 Å². The molecule has 0 amide bonds. The van der Waals surface area contributed by atoms with Gasteiger partial charge in [0, 0.05) is 41.2 Å². The Morgan fingerprint density at radius 1 is 1.25 bits per heavy atom. The van der Waals surface area contributed by atoms with Gasteiger partial charge in [0.25, 0.3) is 12.1 Å². The van der Waals surface area contributed by atoms with Crippen molar-refractivity contribution >= 4 is 11.5 Å². The lowest BCUT2D eigenvalue weighted by molar-refractivity contribution is -0.385. The zero-order chi connectivity index (χ0) is 14.7. The lowest BCUT2D eigenvalue weighted by atomic mass is 10.0. The van der Waals surface area contributed by atoms with Crippen LogP contribution in [0.25, 0.3) is 0 Å². The molecule has 20 heavy (non-hydrogen) atoms. The number of hydrogen-bond acceptors (Lipinski definition) is 4. The Morgan fingerprint density at radius 3 is 2.55 bits per heavy atom. The van der Waals surface area contributed by atoms with E-state index in [-0.39, 0.29) is 11.1 Å². The molecule has 0 unspecified atom stereocenters. The highest BCUT2D eigenvalue weighted by Gasteiger charge is 2.19. The van der Waals surface area contributed by atoms with Gasteiger partial charge in [0.15, 0.2) is 5.78 Å². The normalized spacial score (nSPS) is 10.6. The fourth-order valence-corrected chi connectivity index (χ4v) is 1.66. The zero-order valence-corrected chi connectivity index (χ0v) is 9.99. The molecule has 1 aromatic heterocycles. The van der Waals surface area contributed by atoms with Gasteiger partial charge in [0.2, 0.25) is 0 Å². The van der Waals surface area contributed by atoms with E-state index in [2.05, 4.69) is 4.98 Å². The van der Waals surface area contributed by atoms with E-state index in [1.807, 2.05) is 0 Å². The summed E-state index contributed by atoms with van der Waals surface area (Å²) < 4.78 is 25.4. The van der Waals surface area contributed by atoms with Gasteiger partial charge in [-0.1, -0.05) is 0 Å². The molecule has 5 nitrogen and oxygen atoms in total. The number of non-ortho nitro benzene ring substituents is 1. The van der Waals surface area contributed by atoms with E-state index in [0.717, 1.165) is 18.2 Å². The number of nitro groups is 1. The van der Waals surface area contributed by atoms with E-state index in [1.165, 1.54) is 24.5 Å². The average molecular weight is 278 g/mol. The zero-order valence-electron chi connectivity index (χ0n) is 9.99. The number of benzene rings is 1. The average Bonchev–Trinajstić information content (AvgIpc) is 2.46. The van der Waals surface area contributed by atoms with E-state index in [0.29, 0.717) is 0 Å². The molecule has 0 spiro atoms. The Morgan fingerprint density at radius 2 is 2.00 bits per heavy atom. The minimum absolute atomic E-state index is 0.164. The van der Waals surface area contributed by atoms with E-state index in [9.17, 15) is 23.7 Å². The molecular formula is C13H8F2N2O3. The van der Waals surface area contributed by atoms with Crippen molar-refractivity contribution < 1.29 is 18.5 Å². The number of alkyl halides is 2. The summed E-state index contributed by atoms with van der Waals surface area (Å²) in [5.41, 5.74) is -1.10. The molecule has 0 atom stereocenters. The van der Waals surface area contributed by atoms with Crippen LogP contribution in [0.5, 0.6) is 0 Å². The maximum atomic E-state index is 12.7. The predicted molar refractivity (Wildman–Crippen MR) is 65.7 cm³/mol. The van der Waals surface area contributed by atoms with Crippen LogP contribution in [0.4, 0.5) is 14.5 Å². The topological polar surface area (TPSA) is 73.1 Å². The third kappa shape index (κ3) is 2.82. The molecule has 0 aliphatic rings. The Labute approximate surface area is 112 Å². The van der Waals surface area contributed by atoms with E-state index < -0.39 is 28.4 Å². The van der Waals surface area contributed by atoms with Crippen LogP contribution in [0, 0.1) is 10.1 Å². The highest BCUT2D eigenvalue weighted by atomic mass is 19.3. The molecule has 1 heterocycles. The third-order valence-corrected chi connectivity index (χ3v) is 2.59. The number of nitrogens with zero attached hydrogens (tertiary/aromatic N) is 2. The standard InChI is InChI=1S/C13H8F2N2O3/c14-13(15)10-4-9(5-11(6-10)17(19)20)12(18)8-2-1-3-16-7-8/h1-7,13H. The van der Waals surface area contributed by atoms with E-state index >= 15 is 0 Å². The van der Waals surface area contributed by atoms with Crippen LogP contribution in [-0.4, -0.2) is 15.7 Å². The van der Waals surface area contributed by atoms with Crippen molar-refractivity contribution in [3.8, 4) is 0 Å². The Hall–Kier alpha value is -2.70. The number of ketones is 1. The molecule has 0 saturated heterocycles. The first kappa shape index (κ1) is 13.7. The molecule has 0 radical (unpaired) electrons. The smallest absolute Gasteiger partial charge is 0.270 e. The van der Waals surface area contributed by atoms with Crippen molar-refractivity contribution in [2.24, 2.45) is 0 Å². The maximum Gasteiger partial charge on any atom is 0.270 e. The van der Waals surface area contributed by atoms with Gasteiger partial charge in [0.1, 0.15) is 0 Å². The van der Waals surface area contributed by atoms with Gasteiger partial charge in [-0.15, -0.1) is 0 Å². The maximum absolute atomic E-state index is 12.7. The number of carbonyl (C=O) groups excluding carboxylic acids is 1. The minimum Gasteiger partial charge on any atom is -0.289 e. The van der Waals surface area contributed by atoms with Gasteiger partial charge >= 0.3 is 0 Å². The van der Waals surface area contributed by atoms with Gasteiger partial charge in [0.05, 0.1) is 4.92 Å². The van der Waals surface area contributed by atoms with Crippen LogP contribution in [0.1, 0.15) is 27.9 Å². The lowest BCUT2D eigenvalue weighted by Crippen LogP contribution is -2.04. The summed E-state index contributed by atoms with van der Waals surface area (Å²) >= 11 is 0. The second kappa shape index (κ2) is 5.52. The highest BCUT2D eigenvalue weighted by molar-refractivity contribution is 6.09. The summed E-state index contributed by atoms with van der Waals surface area (Å²) in [6, 6.07) is 5.65. The van der Waals surface area contributed by atoms with Crippen molar-refractivity contribution in [3.05, 3.63) is 69.5 Å². The number of nitro benzene ring substituents is 1. The molecule has 0 aliphatic carbocycles. The molecule has 102 valence electrons. The number of carbonyl (C=O) groups is 1. The van der Waals surface area contributed by atoms with Gasteiger partial charge < -0.3 is 0 Å². The first-order chi connectivity index (χ1) is 9.49. The Bertz CT molecular complexity index is 660. The van der Waals surface area contributed by atoms with Gasteiger partial charge in [-0.3, -0.25) is 19.9 Å². The van der Waals surface area contributed by atoms with Crippen molar-refractivity contribution in [2.75, 3.05) is 0 Å². The SMILES string of the molecule is O=C(c1cccnc1)c1cc(C(F)F)cc([N+](=O)[O-])c1. The Balaban J connectivity index is 2.51. The highest BCUT2D eigenvalue weighted by Crippen LogP contribution is 2.26. The molecule has 0 saturated carbocycles. The summed E-state index contributed by atoms with van der Waals surface area (Å²) in [5, 5.41) is 10.7. The largest absolute Gasteiger partial charge is 0.289 e. The van der Waals surface area contributed by atoms with Gasteiger partial charge in [-0.25, -0.2) is 8.78 Å². The molecular weight excluding hydrogens is 270 g/mol. The van der Waals surface area contributed by atoms with Crippen LogP contribution in [0.3, 0.4) is 0 Å². The van der Waals surface area contributed by atoms with E-state index in [1.54, 1.807) is 0 Å². The molecule has 0 N–H and O–H groups in total. The van der Waals surface area contributed by atoms with Crippen LogP contribution < -0.4 is 0 Å². The van der Waals surface area contributed by atoms with Gasteiger partial charge in [-0.2, -0.15) is 0 Å². The summed E-state index contributed by atoms with van der Waals surface area (Å²) in [4.78, 5) is 25.7. The fourth-order valence-electron chi connectivity index (χ4n) is 1.66. The number of halogens is 2. The van der Waals surface area contributed by atoms with Crippen LogP contribution in [0.15, 0.2) is 42.7 Å². The first-order valence-electron chi connectivity index (χ1n) is 5.51. The minimum atomic E-state index is -2.89. The quantitative estimate of drug-likeness (QED) is 0.489. The lowest BCUT2D eigenvalue weighted by Gasteiger charge is -2.05. The van der Waals surface area contributed by atoms with Crippen molar-refractivity contribution in [1.82, 2.24) is 4.98 Å². The van der Waals surface area contributed by atoms with Crippen LogP contribution >= 0.6 is 0 Å². The summed E-state index contributed by atoms with van der Waals surface area (Å²) in [7, 11) is 0. The van der Waals surface area contributed by atoms with Gasteiger partial charge in [-0.05, 0) is 18.2 Å². The molecule has 0 bridgehead atoms. The fraction of sp³-hybridized carbons (Fsp3) is 0.0769. The molecule has 0 aliphatic heterocycles. The number of rotatable bonds is 4. The molecule has 0 fully saturated rings. The van der Waals surface area contributed by atoms with Crippen molar-refractivity contribution in [2.45, 2.75) is 6.43 Å². The predicted octanol–water partition coefficient (Wildman–Crippen LogP) is 3.16. The summed E-state index contributed by atoms with van der Waals surface area (Å²) in [6.07, 6.45) is -0.173. The second-order valence-electron chi connectivity index (χ2n) is 3.94. The number of pyridine rings is 1. The first-order valence-corrected chi connectivity index (χ1v) is 5.51. The third-order valence-electron chi connectivity index (χ3n) is 2.59. The van der Waals surface area contributed by atoms with Crippen LogP contribution in [-0.2, 0) is 0 Å². The Kier molecular flexibility index (Phi) is 3.79. The second-order valence-corrected chi connectivity index (χ2v) is 3.94. The summed E-state index contributed by atoms with van der Waals surface area (Å²) in [5.74, 6) is -0.594. The molecule has 2 rings (SSSR count). The van der Waals surface area contributed by atoms with Crippen molar-refractivity contribution in [1.29, 1.82) is 0 Å². The molecule has 1 aromatic carbocycles. The number of hydrogen-bond donors (Lipinski definition) is 0. The monoisotopic (exact) mass is 278 g/mol. The number of aromatic nitrogens is 1. The van der Waals surface area contributed by atoms with Crippen LogP contribution in [0.2, 0.25) is 0 Å².